The molecule has 3 N–H and O–H groups in total. The van der Waals surface area contributed by atoms with E-state index in [-0.39, 0.29) is 5.91 Å². The molecule has 1 aromatic heterocycles. The highest BCUT2D eigenvalue weighted by atomic mass is 32.1. The maximum Gasteiger partial charge on any atom is 0.263 e. The summed E-state index contributed by atoms with van der Waals surface area (Å²) in [6.45, 7) is 2.33. The van der Waals surface area contributed by atoms with Crippen LogP contribution in [0.2, 0.25) is 0 Å². The topological polar surface area (TPSA) is 58.4 Å². The fourth-order valence-electron chi connectivity index (χ4n) is 4.13. The SMILES string of the molecule is CNC(=O)c1sc(N2CC3CCCC3C2)c(C2CC2)c1N. The summed E-state index contributed by atoms with van der Waals surface area (Å²) in [5.74, 6) is 2.28. The second-order valence-corrected chi connectivity index (χ2v) is 7.77. The van der Waals surface area contributed by atoms with Gasteiger partial charge in [-0.2, -0.15) is 0 Å². The van der Waals surface area contributed by atoms with Crippen LogP contribution in [-0.4, -0.2) is 26.0 Å². The van der Waals surface area contributed by atoms with Crippen LogP contribution in [0.5, 0.6) is 0 Å². The Kier molecular flexibility index (Phi) is 3.14. The number of fused-ring (bicyclic) bond motifs is 1. The summed E-state index contributed by atoms with van der Waals surface area (Å²) in [6, 6.07) is 0. The highest BCUT2D eigenvalue weighted by Crippen LogP contribution is 2.53. The number of carbonyl (C=O) groups is 1. The fourth-order valence-corrected chi connectivity index (χ4v) is 5.40. The van der Waals surface area contributed by atoms with Crippen LogP contribution < -0.4 is 16.0 Å². The smallest absolute Gasteiger partial charge is 0.263 e. The van der Waals surface area contributed by atoms with Crippen LogP contribution in [-0.2, 0) is 0 Å². The van der Waals surface area contributed by atoms with Crippen molar-refractivity contribution in [2.45, 2.75) is 38.0 Å². The number of anilines is 2. The minimum absolute atomic E-state index is 0.0370. The first kappa shape index (κ1) is 13.4. The number of rotatable bonds is 3. The molecule has 1 saturated heterocycles. The monoisotopic (exact) mass is 305 g/mol. The largest absolute Gasteiger partial charge is 0.397 e. The first-order valence-corrected chi connectivity index (χ1v) is 8.90. The minimum Gasteiger partial charge on any atom is -0.397 e. The lowest BCUT2D eigenvalue weighted by molar-refractivity contribution is 0.0968. The van der Waals surface area contributed by atoms with Crippen molar-refractivity contribution in [3.05, 3.63) is 10.4 Å². The van der Waals surface area contributed by atoms with E-state index in [1.807, 2.05) is 0 Å². The van der Waals surface area contributed by atoms with Crippen molar-refractivity contribution in [1.82, 2.24) is 5.32 Å². The summed E-state index contributed by atoms with van der Waals surface area (Å²) < 4.78 is 0. The molecule has 1 amide bonds. The van der Waals surface area contributed by atoms with E-state index in [4.69, 9.17) is 5.73 Å². The Morgan fingerprint density at radius 1 is 1.24 bits per heavy atom. The number of hydrogen-bond donors (Lipinski definition) is 2. The van der Waals surface area contributed by atoms with Crippen LogP contribution in [0.3, 0.4) is 0 Å². The third-order valence-electron chi connectivity index (χ3n) is 5.40. The Hall–Kier alpha value is -1.23. The van der Waals surface area contributed by atoms with E-state index in [9.17, 15) is 4.79 Å². The second kappa shape index (κ2) is 4.90. The highest BCUT2D eigenvalue weighted by molar-refractivity contribution is 7.18. The van der Waals surface area contributed by atoms with Gasteiger partial charge in [0.25, 0.3) is 5.91 Å². The quantitative estimate of drug-likeness (QED) is 0.903. The van der Waals surface area contributed by atoms with E-state index in [2.05, 4.69) is 10.2 Å². The van der Waals surface area contributed by atoms with Crippen molar-refractivity contribution in [3.63, 3.8) is 0 Å². The zero-order chi connectivity index (χ0) is 14.6. The molecule has 2 saturated carbocycles. The molecule has 1 aliphatic heterocycles. The molecular formula is C16H23N3OS. The van der Waals surface area contributed by atoms with Gasteiger partial charge in [-0.3, -0.25) is 4.79 Å². The van der Waals surface area contributed by atoms with Gasteiger partial charge in [0.05, 0.1) is 10.7 Å². The molecule has 0 aromatic carbocycles. The molecule has 0 bridgehead atoms. The molecule has 1 aromatic rings. The van der Waals surface area contributed by atoms with Gasteiger partial charge in [-0.25, -0.2) is 0 Å². The number of nitrogen functional groups attached to an aromatic ring is 1. The fraction of sp³-hybridized carbons (Fsp3) is 0.688. The van der Waals surface area contributed by atoms with Crippen LogP contribution in [0.1, 0.15) is 53.3 Å². The van der Waals surface area contributed by atoms with Gasteiger partial charge in [-0.1, -0.05) is 6.42 Å². The molecule has 0 spiro atoms. The Morgan fingerprint density at radius 2 is 1.90 bits per heavy atom. The zero-order valence-electron chi connectivity index (χ0n) is 12.5. The zero-order valence-corrected chi connectivity index (χ0v) is 13.3. The number of amides is 1. The van der Waals surface area contributed by atoms with Crippen LogP contribution in [0.25, 0.3) is 0 Å². The number of thiophene rings is 1. The van der Waals surface area contributed by atoms with Crippen molar-refractivity contribution < 1.29 is 4.79 Å². The maximum absolute atomic E-state index is 12.1. The molecule has 114 valence electrons. The van der Waals surface area contributed by atoms with Crippen LogP contribution >= 0.6 is 11.3 Å². The molecule has 2 atom stereocenters. The summed E-state index contributed by atoms with van der Waals surface area (Å²) in [6.07, 6.45) is 6.60. The number of nitrogens with one attached hydrogen (secondary N) is 1. The van der Waals surface area contributed by atoms with Crippen molar-refractivity contribution in [1.29, 1.82) is 0 Å². The minimum atomic E-state index is -0.0370. The van der Waals surface area contributed by atoms with Gasteiger partial charge in [0, 0.05) is 25.7 Å². The Morgan fingerprint density at radius 3 is 2.48 bits per heavy atom. The third kappa shape index (κ3) is 2.13. The lowest BCUT2D eigenvalue weighted by Gasteiger charge is -2.19. The molecule has 2 unspecified atom stereocenters. The van der Waals surface area contributed by atoms with E-state index in [0.29, 0.717) is 10.8 Å². The Balaban J connectivity index is 1.69. The lowest BCUT2D eigenvalue weighted by Crippen LogP contribution is -2.20. The lowest BCUT2D eigenvalue weighted by atomic mass is 10.0. The maximum atomic E-state index is 12.1. The molecule has 2 aliphatic carbocycles. The third-order valence-corrected chi connectivity index (χ3v) is 6.68. The predicted octanol–water partition coefficient (Wildman–Crippen LogP) is 2.80. The van der Waals surface area contributed by atoms with E-state index in [1.54, 1.807) is 18.4 Å². The Bertz CT molecular complexity index is 566. The predicted molar refractivity (Wildman–Crippen MR) is 87.1 cm³/mol. The van der Waals surface area contributed by atoms with Crippen LogP contribution in [0.15, 0.2) is 0 Å². The van der Waals surface area contributed by atoms with Gasteiger partial charge >= 0.3 is 0 Å². The van der Waals surface area contributed by atoms with Gasteiger partial charge < -0.3 is 16.0 Å². The molecule has 4 nitrogen and oxygen atoms in total. The summed E-state index contributed by atoms with van der Waals surface area (Å²) >= 11 is 1.61. The van der Waals surface area contributed by atoms with E-state index >= 15 is 0 Å². The van der Waals surface area contributed by atoms with Crippen LogP contribution in [0, 0.1) is 11.8 Å². The standard InChI is InChI=1S/C16H23N3OS/c1-18-15(20)14-13(17)12(9-5-6-9)16(21-14)19-7-10-3-2-4-11(10)8-19/h9-11H,2-8,17H2,1H3,(H,18,20). The van der Waals surface area contributed by atoms with E-state index in [1.165, 1.54) is 42.7 Å². The number of carbonyl (C=O) groups excluding carboxylic acids is 1. The molecule has 0 radical (unpaired) electrons. The van der Waals surface area contributed by atoms with Gasteiger partial charge in [0.1, 0.15) is 4.88 Å². The molecule has 4 rings (SSSR count). The summed E-state index contributed by atoms with van der Waals surface area (Å²) in [5, 5.41) is 4.02. The average Bonchev–Trinajstić information content (AvgIpc) is 2.93. The van der Waals surface area contributed by atoms with Crippen molar-refractivity contribution in [3.8, 4) is 0 Å². The molecule has 3 fully saturated rings. The summed E-state index contributed by atoms with van der Waals surface area (Å²) in [5.41, 5.74) is 8.35. The summed E-state index contributed by atoms with van der Waals surface area (Å²) in [4.78, 5) is 15.3. The van der Waals surface area contributed by atoms with Crippen molar-refractivity contribution in [2.75, 3.05) is 30.8 Å². The molecule has 21 heavy (non-hydrogen) atoms. The normalized spacial score (nSPS) is 28.0. The van der Waals surface area contributed by atoms with Gasteiger partial charge in [-0.15, -0.1) is 11.3 Å². The molecule has 3 aliphatic rings. The van der Waals surface area contributed by atoms with Gasteiger partial charge in [0.15, 0.2) is 0 Å². The highest BCUT2D eigenvalue weighted by Gasteiger charge is 2.40. The first-order valence-electron chi connectivity index (χ1n) is 8.08. The number of nitrogens with zero attached hydrogens (tertiary/aromatic N) is 1. The molecule has 2 heterocycles. The second-order valence-electron chi connectivity index (χ2n) is 6.77. The van der Waals surface area contributed by atoms with Crippen molar-refractivity contribution in [2.24, 2.45) is 11.8 Å². The Labute approximate surface area is 129 Å². The van der Waals surface area contributed by atoms with Gasteiger partial charge in [0.2, 0.25) is 0 Å². The molecule has 5 heteroatoms. The molecular weight excluding hydrogens is 282 g/mol. The first-order chi connectivity index (χ1) is 10.2. The summed E-state index contributed by atoms with van der Waals surface area (Å²) in [7, 11) is 1.68. The number of nitrogens with two attached hydrogens (primary N) is 1. The number of hydrogen-bond acceptors (Lipinski definition) is 4. The van der Waals surface area contributed by atoms with E-state index in [0.717, 1.165) is 30.6 Å². The van der Waals surface area contributed by atoms with Crippen LogP contribution in [0.4, 0.5) is 10.7 Å². The van der Waals surface area contributed by atoms with Gasteiger partial charge in [-0.05, 0) is 43.4 Å². The van der Waals surface area contributed by atoms with E-state index < -0.39 is 0 Å². The van der Waals surface area contributed by atoms with Crippen molar-refractivity contribution >= 4 is 27.9 Å². The average molecular weight is 305 g/mol.